The highest BCUT2D eigenvalue weighted by atomic mass is 16.1. The first kappa shape index (κ1) is 17.3. The standard InChI is InChI=1S/C20H31N3O/c24-20(13-14-21-17-7-3-1-2-4-8-17)22-18-9-11-19(12-10-18)23-15-5-6-16-23/h9-12,17,21H,1-8,13-16H2,(H,22,24). The van der Waals surface area contributed by atoms with Gasteiger partial charge in [0.15, 0.2) is 0 Å². The van der Waals surface area contributed by atoms with Crippen LogP contribution in [0.15, 0.2) is 24.3 Å². The van der Waals surface area contributed by atoms with Crippen LogP contribution in [0.1, 0.15) is 57.8 Å². The first-order valence-electron chi connectivity index (χ1n) is 9.69. The van der Waals surface area contributed by atoms with Crippen LogP contribution >= 0.6 is 0 Å². The summed E-state index contributed by atoms with van der Waals surface area (Å²) in [6, 6.07) is 8.88. The highest BCUT2D eigenvalue weighted by Crippen LogP contribution is 2.22. The summed E-state index contributed by atoms with van der Waals surface area (Å²) in [5.74, 6) is 0.102. The van der Waals surface area contributed by atoms with Crippen molar-refractivity contribution in [3.05, 3.63) is 24.3 Å². The quantitative estimate of drug-likeness (QED) is 0.777. The average molecular weight is 329 g/mol. The molecule has 1 aliphatic carbocycles. The number of anilines is 2. The van der Waals surface area contributed by atoms with Crippen LogP contribution in [0.5, 0.6) is 0 Å². The number of rotatable bonds is 6. The molecule has 0 radical (unpaired) electrons. The van der Waals surface area contributed by atoms with E-state index in [2.05, 4.69) is 27.7 Å². The van der Waals surface area contributed by atoms with Gasteiger partial charge >= 0.3 is 0 Å². The van der Waals surface area contributed by atoms with E-state index in [0.717, 1.165) is 25.3 Å². The molecule has 1 saturated heterocycles. The van der Waals surface area contributed by atoms with Crippen LogP contribution in [0.3, 0.4) is 0 Å². The molecule has 0 spiro atoms. The summed E-state index contributed by atoms with van der Waals surface area (Å²) in [5.41, 5.74) is 2.16. The number of hydrogen-bond acceptors (Lipinski definition) is 3. The van der Waals surface area contributed by atoms with Crippen LogP contribution in [0, 0.1) is 0 Å². The molecule has 1 amide bonds. The summed E-state index contributed by atoms with van der Waals surface area (Å²) in [7, 11) is 0. The number of nitrogens with one attached hydrogen (secondary N) is 2. The van der Waals surface area contributed by atoms with Crippen molar-refractivity contribution in [2.24, 2.45) is 0 Å². The molecule has 1 aliphatic heterocycles. The lowest BCUT2D eigenvalue weighted by atomic mass is 10.1. The molecule has 1 saturated carbocycles. The van der Waals surface area contributed by atoms with Crippen LogP contribution < -0.4 is 15.5 Å². The maximum absolute atomic E-state index is 12.1. The molecule has 0 atom stereocenters. The Hall–Kier alpha value is -1.55. The van der Waals surface area contributed by atoms with Crippen molar-refractivity contribution in [1.29, 1.82) is 0 Å². The smallest absolute Gasteiger partial charge is 0.225 e. The Bertz CT molecular complexity index is 500. The molecule has 0 bridgehead atoms. The van der Waals surface area contributed by atoms with Crippen LogP contribution in [-0.2, 0) is 4.79 Å². The predicted octanol–water partition coefficient (Wildman–Crippen LogP) is 3.93. The Morgan fingerprint density at radius 2 is 1.62 bits per heavy atom. The van der Waals surface area contributed by atoms with E-state index < -0.39 is 0 Å². The Morgan fingerprint density at radius 3 is 2.29 bits per heavy atom. The topological polar surface area (TPSA) is 44.4 Å². The van der Waals surface area contributed by atoms with Crippen LogP contribution in [0.25, 0.3) is 0 Å². The molecule has 0 aromatic heterocycles. The molecule has 1 aromatic rings. The Kier molecular flexibility index (Phi) is 6.53. The third-order valence-corrected chi connectivity index (χ3v) is 5.26. The first-order chi connectivity index (χ1) is 11.8. The highest BCUT2D eigenvalue weighted by Gasteiger charge is 2.13. The molecule has 132 valence electrons. The lowest BCUT2D eigenvalue weighted by molar-refractivity contribution is -0.116. The van der Waals surface area contributed by atoms with E-state index in [1.54, 1.807) is 0 Å². The van der Waals surface area contributed by atoms with E-state index in [9.17, 15) is 4.79 Å². The monoisotopic (exact) mass is 329 g/mol. The second-order valence-electron chi connectivity index (χ2n) is 7.18. The molecule has 4 heteroatoms. The van der Waals surface area contributed by atoms with Gasteiger partial charge in [0.2, 0.25) is 5.91 Å². The zero-order valence-corrected chi connectivity index (χ0v) is 14.7. The van der Waals surface area contributed by atoms with Crippen molar-refractivity contribution in [3.8, 4) is 0 Å². The number of benzene rings is 1. The fourth-order valence-corrected chi connectivity index (χ4v) is 3.83. The second kappa shape index (κ2) is 9.07. The van der Waals surface area contributed by atoms with Gasteiger partial charge in [-0.05, 0) is 49.9 Å². The maximum atomic E-state index is 12.1. The van der Waals surface area contributed by atoms with Gasteiger partial charge in [0.25, 0.3) is 0 Å². The summed E-state index contributed by atoms with van der Waals surface area (Å²) in [6.07, 6.45) is 11.0. The van der Waals surface area contributed by atoms with Gasteiger partial charge in [0, 0.05) is 43.5 Å². The van der Waals surface area contributed by atoms with Gasteiger partial charge in [-0.2, -0.15) is 0 Å². The minimum Gasteiger partial charge on any atom is -0.372 e. The van der Waals surface area contributed by atoms with Gasteiger partial charge in [0.05, 0.1) is 0 Å². The average Bonchev–Trinajstić information content (AvgIpc) is 3.00. The predicted molar refractivity (Wildman–Crippen MR) is 101 cm³/mol. The first-order valence-corrected chi connectivity index (χ1v) is 9.69. The molecular weight excluding hydrogens is 298 g/mol. The summed E-state index contributed by atoms with van der Waals surface area (Å²) >= 11 is 0. The molecule has 24 heavy (non-hydrogen) atoms. The lowest BCUT2D eigenvalue weighted by Crippen LogP contribution is -2.31. The summed E-state index contributed by atoms with van der Waals surface area (Å²) in [6.45, 7) is 3.08. The molecular formula is C20H31N3O. The molecule has 2 N–H and O–H groups in total. The summed E-state index contributed by atoms with van der Waals surface area (Å²) in [4.78, 5) is 14.5. The normalized spacial score (nSPS) is 19.2. The number of carbonyl (C=O) groups is 1. The minimum absolute atomic E-state index is 0.102. The zero-order valence-electron chi connectivity index (χ0n) is 14.7. The summed E-state index contributed by atoms with van der Waals surface area (Å²) < 4.78 is 0. The number of amides is 1. The Labute approximate surface area is 146 Å². The molecule has 2 aliphatic rings. The molecule has 1 heterocycles. The van der Waals surface area contributed by atoms with Crippen molar-refractivity contribution in [2.45, 2.75) is 63.8 Å². The Morgan fingerprint density at radius 1 is 0.958 bits per heavy atom. The fourth-order valence-electron chi connectivity index (χ4n) is 3.83. The molecule has 4 nitrogen and oxygen atoms in total. The van der Waals surface area contributed by atoms with Gasteiger partial charge in [0.1, 0.15) is 0 Å². The van der Waals surface area contributed by atoms with E-state index in [4.69, 9.17) is 0 Å². The molecule has 0 unspecified atom stereocenters. The van der Waals surface area contributed by atoms with Gasteiger partial charge in [-0.1, -0.05) is 25.7 Å². The van der Waals surface area contributed by atoms with E-state index in [0.29, 0.717) is 12.5 Å². The van der Waals surface area contributed by atoms with E-state index in [-0.39, 0.29) is 5.91 Å². The van der Waals surface area contributed by atoms with Crippen molar-refractivity contribution in [2.75, 3.05) is 29.9 Å². The van der Waals surface area contributed by atoms with E-state index >= 15 is 0 Å². The molecule has 3 rings (SSSR count). The molecule has 1 aromatic carbocycles. The summed E-state index contributed by atoms with van der Waals surface area (Å²) in [5, 5.41) is 6.57. The van der Waals surface area contributed by atoms with Crippen molar-refractivity contribution in [3.63, 3.8) is 0 Å². The highest BCUT2D eigenvalue weighted by molar-refractivity contribution is 5.91. The van der Waals surface area contributed by atoms with Crippen LogP contribution in [-0.4, -0.2) is 31.6 Å². The van der Waals surface area contributed by atoms with Gasteiger partial charge in [-0.3, -0.25) is 4.79 Å². The third-order valence-electron chi connectivity index (χ3n) is 5.26. The SMILES string of the molecule is O=C(CCNC1CCCCCC1)Nc1ccc(N2CCCC2)cc1. The maximum Gasteiger partial charge on any atom is 0.225 e. The van der Waals surface area contributed by atoms with Gasteiger partial charge in [-0.25, -0.2) is 0 Å². The van der Waals surface area contributed by atoms with Gasteiger partial charge in [-0.15, -0.1) is 0 Å². The molecule has 2 fully saturated rings. The number of hydrogen-bond donors (Lipinski definition) is 2. The van der Waals surface area contributed by atoms with E-state index in [1.807, 2.05) is 12.1 Å². The Balaban J connectivity index is 1.38. The fraction of sp³-hybridized carbons (Fsp3) is 0.650. The number of carbonyl (C=O) groups excluding carboxylic acids is 1. The second-order valence-corrected chi connectivity index (χ2v) is 7.18. The van der Waals surface area contributed by atoms with Crippen LogP contribution in [0.4, 0.5) is 11.4 Å². The van der Waals surface area contributed by atoms with Crippen molar-refractivity contribution in [1.82, 2.24) is 5.32 Å². The zero-order chi connectivity index (χ0) is 16.6. The largest absolute Gasteiger partial charge is 0.372 e. The number of nitrogens with zero attached hydrogens (tertiary/aromatic N) is 1. The van der Waals surface area contributed by atoms with Crippen LogP contribution in [0.2, 0.25) is 0 Å². The van der Waals surface area contributed by atoms with Gasteiger partial charge < -0.3 is 15.5 Å². The van der Waals surface area contributed by atoms with E-state index in [1.165, 1.54) is 57.1 Å². The van der Waals surface area contributed by atoms with Crippen molar-refractivity contribution >= 4 is 17.3 Å². The third kappa shape index (κ3) is 5.23. The lowest BCUT2D eigenvalue weighted by Gasteiger charge is -2.18. The van der Waals surface area contributed by atoms with Crippen molar-refractivity contribution < 1.29 is 4.79 Å². The minimum atomic E-state index is 0.102.